The molecular formula is C22H24N4O2. The molecule has 6 heteroatoms. The summed E-state index contributed by atoms with van der Waals surface area (Å²) >= 11 is 0. The topological polar surface area (TPSA) is 67.3 Å². The third-order valence-electron chi connectivity index (χ3n) is 4.33. The summed E-state index contributed by atoms with van der Waals surface area (Å²) in [7, 11) is 1.57. The van der Waals surface area contributed by atoms with E-state index in [-0.39, 0.29) is 11.9 Å². The van der Waals surface area contributed by atoms with Gasteiger partial charge in [0.25, 0.3) is 5.91 Å². The molecule has 0 radical (unpaired) electrons. The zero-order chi connectivity index (χ0) is 19.9. The molecule has 0 saturated carbocycles. The van der Waals surface area contributed by atoms with Crippen molar-refractivity contribution in [3.8, 4) is 5.75 Å². The summed E-state index contributed by atoms with van der Waals surface area (Å²) in [6, 6.07) is 17.6. The van der Waals surface area contributed by atoms with E-state index in [1.54, 1.807) is 31.6 Å². The normalized spacial score (nSPS) is 10.6. The van der Waals surface area contributed by atoms with E-state index < -0.39 is 0 Å². The molecule has 0 unspecified atom stereocenters. The van der Waals surface area contributed by atoms with E-state index in [0.29, 0.717) is 29.5 Å². The van der Waals surface area contributed by atoms with E-state index in [4.69, 9.17) is 4.74 Å². The number of benzene rings is 2. The third-order valence-corrected chi connectivity index (χ3v) is 4.33. The number of hydrogen-bond donors (Lipinski definition) is 1. The first kappa shape index (κ1) is 19.4. The molecule has 1 N–H and O–H groups in total. The van der Waals surface area contributed by atoms with Crippen LogP contribution in [0.3, 0.4) is 0 Å². The molecule has 1 aromatic heterocycles. The minimum atomic E-state index is -0.282. The Hall–Kier alpha value is -3.41. The molecule has 1 heterocycles. The summed E-state index contributed by atoms with van der Waals surface area (Å²) in [4.78, 5) is 23.5. The highest BCUT2D eigenvalue weighted by atomic mass is 16.5. The van der Waals surface area contributed by atoms with Crippen LogP contribution in [0.15, 0.2) is 67.0 Å². The summed E-state index contributed by atoms with van der Waals surface area (Å²) in [6.45, 7) is 4.88. The van der Waals surface area contributed by atoms with Gasteiger partial charge >= 0.3 is 0 Å². The first-order valence-corrected chi connectivity index (χ1v) is 9.15. The number of carbonyl (C=O) groups excluding carboxylic acids is 1. The number of aromatic nitrogens is 2. The summed E-state index contributed by atoms with van der Waals surface area (Å²) < 4.78 is 5.26. The van der Waals surface area contributed by atoms with Crippen molar-refractivity contribution in [2.24, 2.45) is 0 Å². The van der Waals surface area contributed by atoms with Gasteiger partial charge in [0, 0.05) is 25.0 Å². The standard InChI is InChI=1S/C22H24N4O2/c1-16(2)26(15-17-9-5-4-6-10-17)22-23-13-18(14-24-22)21(27)25-19-11-7-8-12-20(19)28-3/h4-14,16H,15H2,1-3H3,(H,25,27). The maximum atomic E-state index is 12.5. The predicted molar refractivity (Wildman–Crippen MR) is 111 cm³/mol. The summed E-state index contributed by atoms with van der Waals surface area (Å²) in [5.41, 5.74) is 2.17. The number of ether oxygens (including phenoxy) is 1. The number of carbonyl (C=O) groups is 1. The van der Waals surface area contributed by atoms with Gasteiger partial charge in [-0.05, 0) is 31.5 Å². The van der Waals surface area contributed by atoms with Gasteiger partial charge in [0.15, 0.2) is 0 Å². The molecule has 3 rings (SSSR count). The van der Waals surface area contributed by atoms with Crippen LogP contribution < -0.4 is 15.0 Å². The number of amides is 1. The summed E-state index contributed by atoms with van der Waals surface area (Å²) in [5, 5.41) is 2.83. The Morgan fingerprint density at radius 1 is 1.04 bits per heavy atom. The first-order chi connectivity index (χ1) is 13.6. The van der Waals surface area contributed by atoms with Crippen molar-refractivity contribution in [1.82, 2.24) is 9.97 Å². The van der Waals surface area contributed by atoms with Gasteiger partial charge < -0.3 is 15.0 Å². The van der Waals surface area contributed by atoms with E-state index in [0.717, 1.165) is 0 Å². The van der Waals surface area contributed by atoms with Crippen LogP contribution in [0.5, 0.6) is 5.75 Å². The Balaban J connectivity index is 1.75. The fraction of sp³-hybridized carbons (Fsp3) is 0.227. The molecule has 0 aliphatic carbocycles. The molecule has 0 atom stereocenters. The van der Waals surface area contributed by atoms with Gasteiger partial charge in [0.05, 0.1) is 18.4 Å². The van der Waals surface area contributed by atoms with Gasteiger partial charge in [0.2, 0.25) is 5.95 Å². The Bertz CT molecular complexity index is 911. The Kier molecular flexibility index (Phi) is 6.22. The molecule has 144 valence electrons. The van der Waals surface area contributed by atoms with Crippen LogP contribution in [0.4, 0.5) is 11.6 Å². The van der Waals surface area contributed by atoms with Crippen molar-refractivity contribution < 1.29 is 9.53 Å². The molecule has 28 heavy (non-hydrogen) atoms. The van der Waals surface area contributed by atoms with Crippen molar-refractivity contribution in [1.29, 1.82) is 0 Å². The third kappa shape index (κ3) is 4.65. The fourth-order valence-electron chi connectivity index (χ4n) is 2.79. The zero-order valence-corrected chi connectivity index (χ0v) is 16.3. The van der Waals surface area contributed by atoms with E-state index in [1.807, 2.05) is 30.3 Å². The number of methoxy groups -OCH3 is 1. The maximum Gasteiger partial charge on any atom is 0.258 e. The van der Waals surface area contributed by atoms with Crippen molar-refractivity contribution in [3.05, 3.63) is 78.1 Å². The molecule has 0 fully saturated rings. The van der Waals surface area contributed by atoms with Crippen LogP contribution >= 0.6 is 0 Å². The molecule has 0 spiro atoms. The van der Waals surface area contributed by atoms with Crippen LogP contribution in [-0.4, -0.2) is 29.0 Å². The van der Waals surface area contributed by atoms with E-state index in [2.05, 4.69) is 46.2 Å². The summed E-state index contributed by atoms with van der Waals surface area (Å²) in [6.07, 6.45) is 3.10. The van der Waals surface area contributed by atoms with E-state index in [1.165, 1.54) is 5.56 Å². The van der Waals surface area contributed by atoms with Crippen molar-refractivity contribution in [2.75, 3.05) is 17.3 Å². The van der Waals surface area contributed by atoms with Crippen molar-refractivity contribution in [3.63, 3.8) is 0 Å². The zero-order valence-electron chi connectivity index (χ0n) is 16.3. The lowest BCUT2D eigenvalue weighted by atomic mass is 10.2. The van der Waals surface area contributed by atoms with Gasteiger partial charge in [-0.15, -0.1) is 0 Å². The molecule has 0 aliphatic rings. The Morgan fingerprint density at radius 3 is 2.32 bits per heavy atom. The number of hydrogen-bond acceptors (Lipinski definition) is 5. The van der Waals surface area contributed by atoms with E-state index in [9.17, 15) is 4.79 Å². The second-order valence-electron chi connectivity index (χ2n) is 6.63. The van der Waals surface area contributed by atoms with Crippen LogP contribution in [-0.2, 0) is 6.54 Å². The quantitative estimate of drug-likeness (QED) is 0.671. The lowest BCUT2D eigenvalue weighted by Gasteiger charge is -2.26. The number of rotatable bonds is 7. The predicted octanol–water partition coefficient (Wildman–Crippen LogP) is 4.15. The molecule has 0 saturated heterocycles. The highest BCUT2D eigenvalue weighted by Gasteiger charge is 2.16. The lowest BCUT2D eigenvalue weighted by molar-refractivity contribution is 0.102. The van der Waals surface area contributed by atoms with Gasteiger partial charge in [0.1, 0.15) is 5.75 Å². The van der Waals surface area contributed by atoms with Crippen molar-refractivity contribution >= 4 is 17.5 Å². The number of nitrogens with one attached hydrogen (secondary N) is 1. The van der Waals surface area contributed by atoms with Gasteiger partial charge in [-0.25, -0.2) is 9.97 Å². The smallest absolute Gasteiger partial charge is 0.258 e. The number of para-hydroxylation sites is 2. The average molecular weight is 376 g/mol. The Morgan fingerprint density at radius 2 is 1.68 bits per heavy atom. The Labute approximate surface area is 165 Å². The average Bonchev–Trinajstić information content (AvgIpc) is 2.73. The lowest BCUT2D eigenvalue weighted by Crippen LogP contribution is -2.31. The van der Waals surface area contributed by atoms with Crippen LogP contribution in [0, 0.1) is 0 Å². The maximum absolute atomic E-state index is 12.5. The van der Waals surface area contributed by atoms with Gasteiger partial charge in [-0.2, -0.15) is 0 Å². The van der Waals surface area contributed by atoms with Gasteiger partial charge in [-0.3, -0.25) is 4.79 Å². The minimum absolute atomic E-state index is 0.216. The second-order valence-corrected chi connectivity index (χ2v) is 6.63. The molecule has 0 aliphatic heterocycles. The monoisotopic (exact) mass is 376 g/mol. The second kappa shape index (κ2) is 8.99. The fourth-order valence-corrected chi connectivity index (χ4v) is 2.79. The minimum Gasteiger partial charge on any atom is -0.495 e. The molecular weight excluding hydrogens is 352 g/mol. The van der Waals surface area contributed by atoms with Crippen LogP contribution in [0.2, 0.25) is 0 Å². The first-order valence-electron chi connectivity index (χ1n) is 9.15. The summed E-state index contributed by atoms with van der Waals surface area (Å²) in [5.74, 6) is 0.908. The highest BCUT2D eigenvalue weighted by molar-refractivity contribution is 6.04. The molecule has 0 bridgehead atoms. The number of anilines is 2. The van der Waals surface area contributed by atoms with E-state index >= 15 is 0 Å². The molecule has 1 amide bonds. The molecule has 2 aromatic carbocycles. The SMILES string of the molecule is COc1ccccc1NC(=O)c1cnc(N(Cc2ccccc2)C(C)C)nc1. The van der Waals surface area contributed by atoms with Crippen LogP contribution in [0.25, 0.3) is 0 Å². The molecule has 6 nitrogen and oxygen atoms in total. The van der Waals surface area contributed by atoms with Crippen molar-refractivity contribution in [2.45, 2.75) is 26.4 Å². The van der Waals surface area contributed by atoms with Gasteiger partial charge in [-0.1, -0.05) is 42.5 Å². The largest absolute Gasteiger partial charge is 0.495 e. The number of nitrogens with zero attached hydrogens (tertiary/aromatic N) is 3. The van der Waals surface area contributed by atoms with Crippen LogP contribution in [0.1, 0.15) is 29.8 Å². The molecule has 3 aromatic rings. The highest BCUT2D eigenvalue weighted by Crippen LogP contribution is 2.23.